The number of carbonyl (C=O) groups excluding carboxylic acids is 2. The summed E-state index contributed by atoms with van der Waals surface area (Å²) >= 11 is 0. The van der Waals surface area contributed by atoms with Crippen LogP contribution in [0.1, 0.15) is 62.6 Å². The summed E-state index contributed by atoms with van der Waals surface area (Å²) in [6, 6.07) is 1.65. The predicted molar refractivity (Wildman–Crippen MR) is 127 cm³/mol. The van der Waals surface area contributed by atoms with Crippen LogP contribution >= 0.6 is 0 Å². The monoisotopic (exact) mass is 545 g/mol. The third-order valence-electron chi connectivity index (χ3n) is 6.89. The summed E-state index contributed by atoms with van der Waals surface area (Å²) in [5.74, 6) is -0.903. The summed E-state index contributed by atoms with van der Waals surface area (Å²) < 4.78 is 85.0. The molecule has 0 aliphatic carbocycles. The fraction of sp³-hybridized carbons (Fsp3) is 0.577. The Morgan fingerprint density at radius 1 is 0.895 bits per heavy atom. The van der Waals surface area contributed by atoms with Crippen LogP contribution in [0.4, 0.5) is 31.1 Å². The van der Waals surface area contributed by atoms with Crippen LogP contribution in [-0.2, 0) is 21.9 Å². The minimum absolute atomic E-state index is 0.0391. The number of rotatable bonds is 2. The van der Waals surface area contributed by atoms with Crippen LogP contribution in [0.3, 0.4) is 0 Å². The molecule has 0 unspecified atom stereocenters. The molecule has 1 fully saturated rings. The number of nitrogens with zero attached hydrogens (tertiary/aromatic N) is 3. The molecule has 1 saturated heterocycles. The van der Waals surface area contributed by atoms with Crippen molar-refractivity contribution in [3.05, 3.63) is 46.0 Å². The topological polar surface area (TPSA) is 62.2 Å². The number of amides is 2. The second kappa shape index (κ2) is 9.92. The number of hydrogen-bond acceptors (Lipinski definition) is 4. The number of halogens is 6. The van der Waals surface area contributed by atoms with Crippen molar-refractivity contribution in [3.8, 4) is 0 Å². The first-order chi connectivity index (χ1) is 17.5. The molecule has 0 atom stereocenters. The van der Waals surface area contributed by atoms with Crippen molar-refractivity contribution in [1.29, 1.82) is 0 Å². The molecule has 3 aliphatic heterocycles. The normalized spacial score (nSPS) is 19.4. The summed E-state index contributed by atoms with van der Waals surface area (Å²) in [6.07, 6.45) is -9.31. The molecule has 2 amide bonds. The molecule has 3 aliphatic rings. The number of piperidine rings is 1. The van der Waals surface area contributed by atoms with Gasteiger partial charge in [-0.3, -0.25) is 9.79 Å². The Hall–Kier alpha value is -3.05. The van der Waals surface area contributed by atoms with Crippen LogP contribution in [-0.4, -0.2) is 65.8 Å². The molecule has 1 aromatic rings. The number of likely N-dealkylation sites (tertiary alicyclic amines) is 1. The lowest BCUT2D eigenvalue weighted by Gasteiger charge is -2.34. The molecule has 3 heterocycles. The zero-order chi connectivity index (χ0) is 28.0. The van der Waals surface area contributed by atoms with Gasteiger partial charge in [0.1, 0.15) is 11.3 Å². The van der Waals surface area contributed by atoms with E-state index in [0.717, 1.165) is 17.7 Å². The standard InChI is InChI=1S/C26H29F6N3O3/c1-24(2,3)38-23(37)35-9-6-16-13-33-21(20(16)14-35)22(36)34-7-4-15(5-8-34)17-10-18(25(27,28)29)12-19(11-17)26(30,31)32/h10-12,15H,4-9,13-14H2,1-3H3. The highest BCUT2D eigenvalue weighted by Crippen LogP contribution is 2.40. The Morgan fingerprint density at radius 2 is 1.47 bits per heavy atom. The first-order valence-corrected chi connectivity index (χ1v) is 12.4. The maximum absolute atomic E-state index is 13.3. The minimum atomic E-state index is -4.91. The lowest BCUT2D eigenvalue weighted by molar-refractivity contribution is -0.143. The van der Waals surface area contributed by atoms with Crippen molar-refractivity contribution in [1.82, 2.24) is 9.80 Å². The van der Waals surface area contributed by atoms with E-state index >= 15 is 0 Å². The smallest absolute Gasteiger partial charge is 0.416 e. The van der Waals surface area contributed by atoms with Crippen molar-refractivity contribution in [2.45, 2.75) is 63.9 Å². The molecule has 12 heteroatoms. The third-order valence-corrected chi connectivity index (χ3v) is 6.89. The van der Waals surface area contributed by atoms with Gasteiger partial charge in [0.2, 0.25) is 0 Å². The molecule has 4 rings (SSSR count). The van der Waals surface area contributed by atoms with Crippen LogP contribution in [0.25, 0.3) is 0 Å². The number of benzene rings is 1. The van der Waals surface area contributed by atoms with E-state index in [4.69, 9.17) is 4.74 Å². The molecule has 208 valence electrons. The summed E-state index contributed by atoms with van der Waals surface area (Å²) in [4.78, 5) is 33.3. The van der Waals surface area contributed by atoms with Crippen LogP contribution in [0.2, 0.25) is 0 Å². The van der Waals surface area contributed by atoms with Gasteiger partial charge < -0.3 is 14.5 Å². The quantitative estimate of drug-likeness (QED) is 0.440. The molecule has 6 nitrogen and oxygen atoms in total. The predicted octanol–water partition coefficient (Wildman–Crippen LogP) is 5.82. The summed E-state index contributed by atoms with van der Waals surface area (Å²) in [7, 11) is 0. The Balaban J connectivity index is 1.44. The minimum Gasteiger partial charge on any atom is -0.444 e. The lowest BCUT2D eigenvalue weighted by atomic mass is 9.87. The molecule has 38 heavy (non-hydrogen) atoms. The van der Waals surface area contributed by atoms with Gasteiger partial charge in [-0.25, -0.2) is 4.79 Å². The van der Waals surface area contributed by atoms with Gasteiger partial charge in [-0.1, -0.05) is 0 Å². The largest absolute Gasteiger partial charge is 0.444 e. The molecule has 0 aromatic heterocycles. The van der Waals surface area contributed by atoms with E-state index in [1.165, 1.54) is 9.80 Å². The molecule has 0 spiro atoms. The highest BCUT2D eigenvalue weighted by molar-refractivity contribution is 6.46. The van der Waals surface area contributed by atoms with E-state index < -0.39 is 41.1 Å². The zero-order valence-electron chi connectivity index (χ0n) is 21.3. The van der Waals surface area contributed by atoms with Crippen molar-refractivity contribution < 1.29 is 40.7 Å². The van der Waals surface area contributed by atoms with Gasteiger partial charge in [-0.15, -0.1) is 0 Å². The first-order valence-electron chi connectivity index (χ1n) is 12.4. The van der Waals surface area contributed by atoms with E-state index in [1.807, 2.05) is 0 Å². The van der Waals surface area contributed by atoms with Crippen molar-refractivity contribution >= 4 is 17.7 Å². The fourth-order valence-corrected chi connectivity index (χ4v) is 4.95. The summed E-state index contributed by atoms with van der Waals surface area (Å²) in [5, 5.41) is 0. The van der Waals surface area contributed by atoms with Crippen molar-refractivity contribution in [2.24, 2.45) is 4.99 Å². The molecule has 0 saturated carbocycles. The van der Waals surface area contributed by atoms with Gasteiger partial charge in [0.25, 0.3) is 5.91 Å². The SMILES string of the molecule is CC(C)(C)OC(=O)N1CCC2=C(C1)C(C(=O)N1CCC(c3cc(C(F)(F)F)cc(C(F)(F)F)c3)CC1)=NC2. The van der Waals surface area contributed by atoms with Gasteiger partial charge in [0.05, 0.1) is 24.2 Å². The van der Waals surface area contributed by atoms with Crippen molar-refractivity contribution in [2.75, 3.05) is 32.7 Å². The number of hydrogen-bond donors (Lipinski definition) is 0. The Bertz CT molecular complexity index is 1140. The average molecular weight is 546 g/mol. The van der Waals surface area contributed by atoms with Gasteiger partial charge in [-0.2, -0.15) is 26.3 Å². The zero-order valence-corrected chi connectivity index (χ0v) is 21.3. The molecule has 1 aromatic carbocycles. The molecule has 0 radical (unpaired) electrons. The van der Waals surface area contributed by atoms with Gasteiger partial charge >= 0.3 is 18.4 Å². The van der Waals surface area contributed by atoms with Crippen LogP contribution in [0.5, 0.6) is 0 Å². The van der Waals surface area contributed by atoms with Crippen LogP contribution in [0.15, 0.2) is 34.3 Å². The first kappa shape index (κ1) is 28.0. The van der Waals surface area contributed by atoms with E-state index in [2.05, 4.69) is 4.99 Å². The van der Waals surface area contributed by atoms with Gasteiger partial charge in [0.15, 0.2) is 0 Å². The summed E-state index contributed by atoms with van der Waals surface area (Å²) in [6.45, 7) is 6.62. The molecule has 0 bridgehead atoms. The number of ether oxygens (including phenoxy) is 1. The number of carbonyl (C=O) groups is 2. The highest BCUT2D eigenvalue weighted by atomic mass is 19.4. The van der Waals surface area contributed by atoms with Gasteiger partial charge in [0, 0.05) is 25.2 Å². The van der Waals surface area contributed by atoms with Crippen LogP contribution in [0, 0.1) is 0 Å². The lowest BCUT2D eigenvalue weighted by Crippen LogP contribution is -2.45. The molecular formula is C26H29F6N3O3. The van der Waals surface area contributed by atoms with Crippen molar-refractivity contribution in [3.63, 3.8) is 0 Å². The highest BCUT2D eigenvalue weighted by Gasteiger charge is 2.39. The fourth-order valence-electron chi connectivity index (χ4n) is 4.95. The second-order valence-electron chi connectivity index (χ2n) is 10.8. The van der Waals surface area contributed by atoms with Crippen LogP contribution < -0.4 is 0 Å². The average Bonchev–Trinajstić information content (AvgIpc) is 3.24. The van der Waals surface area contributed by atoms with E-state index in [-0.39, 0.29) is 55.7 Å². The van der Waals surface area contributed by atoms with Gasteiger partial charge in [-0.05, 0) is 75.3 Å². The third kappa shape index (κ3) is 6.15. The Morgan fingerprint density at radius 3 is 2.00 bits per heavy atom. The van der Waals surface area contributed by atoms with E-state index in [1.54, 1.807) is 20.8 Å². The van der Waals surface area contributed by atoms with E-state index in [0.29, 0.717) is 25.1 Å². The molecular weight excluding hydrogens is 516 g/mol. The maximum atomic E-state index is 13.3. The molecule has 0 N–H and O–H groups in total. The number of aliphatic imine (C=N–C) groups is 1. The Kier molecular flexibility index (Phi) is 7.30. The second-order valence-corrected chi connectivity index (χ2v) is 10.8. The number of alkyl halides is 6. The Labute approximate surface area is 216 Å². The van der Waals surface area contributed by atoms with E-state index in [9.17, 15) is 35.9 Å². The maximum Gasteiger partial charge on any atom is 0.416 e. The summed E-state index contributed by atoms with van der Waals surface area (Å²) in [5.41, 5.74) is -1.47.